The SMILES string of the molecule is CC1(C)CCC(OC(=O)c2cccc(Cl)c2)(c2ccccc2)N1[O]. The first-order chi connectivity index (χ1) is 11.3. The molecule has 0 aromatic heterocycles. The zero-order valence-electron chi connectivity index (χ0n) is 13.7. The topological polar surface area (TPSA) is 49.4 Å². The number of hydrogen-bond donors (Lipinski definition) is 0. The van der Waals surface area contributed by atoms with Crippen LogP contribution in [0.5, 0.6) is 0 Å². The molecule has 0 aliphatic carbocycles. The number of hydrogen-bond acceptors (Lipinski definition) is 3. The number of rotatable bonds is 3. The molecular formula is C19H19ClNO3. The van der Waals surface area contributed by atoms with Gasteiger partial charge >= 0.3 is 5.97 Å². The van der Waals surface area contributed by atoms with Gasteiger partial charge in [-0.25, -0.2) is 4.79 Å². The van der Waals surface area contributed by atoms with E-state index in [0.717, 1.165) is 5.06 Å². The highest BCUT2D eigenvalue weighted by molar-refractivity contribution is 6.30. The standard InChI is InChI=1S/C19H19ClNO3/c1-18(2)11-12-19(21(18)23,15-8-4-3-5-9-15)24-17(22)14-7-6-10-16(20)13-14/h3-10,13H,11-12H2,1-2H3. The van der Waals surface area contributed by atoms with E-state index in [-0.39, 0.29) is 0 Å². The summed E-state index contributed by atoms with van der Waals surface area (Å²) in [5.41, 5.74) is -0.911. The number of carbonyl (C=O) groups is 1. The molecule has 1 radical (unpaired) electrons. The number of esters is 1. The fourth-order valence-electron chi connectivity index (χ4n) is 3.11. The van der Waals surface area contributed by atoms with Gasteiger partial charge in [-0.1, -0.05) is 48.0 Å². The van der Waals surface area contributed by atoms with Gasteiger partial charge < -0.3 is 4.74 Å². The monoisotopic (exact) mass is 344 g/mol. The number of ether oxygens (including phenoxy) is 1. The Balaban J connectivity index is 1.99. The van der Waals surface area contributed by atoms with Crippen molar-refractivity contribution < 1.29 is 14.7 Å². The predicted molar refractivity (Wildman–Crippen MR) is 90.8 cm³/mol. The normalized spacial score (nSPS) is 23.2. The van der Waals surface area contributed by atoms with Gasteiger partial charge in [0.1, 0.15) is 0 Å². The second kappa shape index (κ2) is 6.20. The highest BCUT2D eigenvalue weighted by Crippen LogP contribution is 2.47. The Morgan fingerprint density at radius 1 is 1.08 bits per heavy atom. The molecule has 0 spiro atoms. The molecule has 0 N–H and O–H groups in total. The minimum absolute atomic E-state index is 0.330. The van der Waals surface area contributed by atoms with E-state index in [4.69, 9.17) is 16.3 Å². The van der Waals surface area contributed by atoms with E-state index in [1.54, 1.807) is 18.2 Å². The van der Waals surface area contributed by atoms with E-state index >= 15 is 0 Å². The van der Waals surface area contributed by atoms with Crippen LogP contribution < -0.4 is 0 Å². The van der Waals surface area contributed by atoms with Gasteiger partial charge in [0.2, 0.25) is 5.72 Å². The largest absolute Gasteiger partial charge is 0.433 e. The molecule has 1 aliphatic rings. The van der Waals surface area contributed by atoms with Crippen molar-refractivity contribution in [3.63, 3.8) is 0 Å². The molecule has 0 bridgehead atoms. The number of carbonyl (C=O) groups excluding carboxylic acids is 1. The molecule has 1 aliphatic heterocycles. The Hall–Kier alpha value is -1.88. The van der Waals surface area contributed by atoms with Crippen molar-refractivity contribution in [2.24, 2.45) is 0 Å². The van der Waals surface area contributed by atoms with Crippen molar-refractivity contribution >= 4 is 17.6 Å². The third-order valence-corrected chi connectivity index (χ3v) is 4.74. The molecule has 2 aromatic carbocycles. The van der Waals surface area contributed by atoms with E-state index in [0.29, 0.717) is 29.0 Å². The Morgan fingerprint density at radius 3 is 2.38 bits per heavy atom. The van der Waals surface area contributed by atoms with E-state index in [2.05, 4.69) is 0 Å². The van der Waals surface area contributed by atoms with Crippen LogP contribution in [-0.4, -0.2) is 16.6 Å². The summed E-state index contributed by atoms with van der Waals surface area (Å²) in [7, 11) is 0. The summed E-state index contributed by atoms with van der Waals surface area (Å²) in [5, 5.41) is 14.4. The zero-order chi connectivity index (χ0) is 17.4. The first-order valence-corrected chi connectivity index (χ1v) is 8.25. The third-order valence-electron chi connectivity index (χ3n) is 4.50. The predicted octanol–water partition coefficient (Wildman–Crippen LogP) is 4.57. The Kier molecular flexibility index (Phi) is 4.38. The van der Waals surface area contributed by atoms with Crippen molar-refractivity contribution in [3.05, 3.63) is 70.7 Å². The summed E-state index contributed by atoms with van der Waals surface area (Å²) in [6, 6.07) is 15.7. The lowest BCUT2D eigenvalue weighted by atomic mass is 9.99. The Morgan fingerprint density at radius 2 is 1.79 bits per heavy atom. The van der Waals surface area contributed by atoms with Gasteiger partial charge in [0, 0.05) is 22.5 Å². The molecule has 0 saturated carbocycles. The zero-order valence-corrected chi connectivity index (χ0v) is 14.4. The minimum Gasteiger partial charge on any atom is -0.433 e. The van der Waals surface area contributed by atoms with Crippen LogP contribution in [0.4, 0.5) is 0 Å². The van der Waals surface area contributed by atoms with Gasteiger partial charge in [-0.15, -0.1) is 10.3 Å². The summed E-state index contributed by atoms with van der Waals surface area (Å²) in [5.74, 6) is -0.556. The highest BCUT2D eigenvalue weighted by Gasteiger charge is 2.55. The average Bonchev–Trinajstić information content (AvgIpc) is 2.80. The van der Waals surface area contributed by atoms with Gasteiger partial charge in [-0.3, -0.25) is 0 Å². The molecule has 5 heteroatoms. The van der Waals surface area contributed by atoms with Crippen LogP contribution >= 0.6 is 11.6 Å². The van der Waals surface area contributed by atoms with E-state index in [1.165, 1.54) is 6.07 Å². The summed E-state index contributed by atoms with van der Waals surface area (Å²) >= 11 is 5.95. The maximum Gasteiger partial charge on any atom is 0.340 e. The molecule has 1 atom stereocenters. The first-order valence-electron chi connectivity index (χ1n) is 7.87. The minimum atomic E-state index is -1.32. The molecule has 1 fully saturated rings. The third kappa shape index (κ3) is 2.93. The van der Waals surface area contributed by atoms with Crippen molar-refractivity contribution in [1.82, 2.24) is 5.06 Å². The lowest BCUT2D eigenvalue weighted by molar-refractivity contribution is -0.318. The van der Waals surface area contributed by atoms with Crippen LogP contribution in [0.3, 0.4) is 0 Å². The second-order valence-corrected chi connectivity index (χ2v) is 7.09. The molecule has 4 nitrogen and oxygen atoms in total. The quantitative estimate of drug-likeness (QED) is 0.766. The first kappa shape index (κ1) is 17.0. The molecule has 2 aromatic rings. The Labute approximate surface area is 146 Å². The number of hydroxylamine groups is 2. The van der Waals surface area contributed by atoms with Crippen LogP contribution in [0.1, 0.15) is 42.6 Å². The van der Waals surface area contributed by atoms with Crippen molar-refractivity contribution in [2.75, 3.05) is 0 Å². The van der Waals surface area contributed by atoms with Crippen LogP contribution in [-0.2, 0) is 15.7 Å². The van der Waals surface area contributed by atoms with Crippen LogP contribution in [0.2, 0.25) is 5.02 Å². The summed E-state index contributed by atoms with van der Waals surface area (Å²) in [4.78, 5) is 12.6. The Bertz CT molecular complexity index is 747. The lowest BCUT2D eigenvalue weighted by Crippen LogP contribution is -2.49. The van der Waals surface area contributed by atoms with Crippen molar-refractivity contribution in [1.29, 1.82) is 0 Å². The maximum atomic E-state index is 13.0. The molecule has 3 rings (SSSR count). The van der Waals surface area contributed by atoms with Crippen molar-refractivity contribution in [2.45, 2.75) is 38.0 Å². The molecule has 1 unspecified atom stereocenters. The van der Waals surface area contributed by atoms with Crippen LogP contribution in [0.15, 0.2) is 54.6 Å². The van der Waals surface area contributed by atoms with Gasteiger partial charge in [-0.2, -0.15) is 0 Å². The summed E-state index contributed by atoms with van der Waals surface area (Å²) in [6.45, 7) is 3.72. The van der Waals surface area contributed by atoms with Gasteiger partial charge in [0.05, 0.1) is 5.56 Å². The molecule has 1 heterocycles. The van der Waals surface area contributed by atoms with E-state index in [9.17, 15) is 10.0 Å². The second-order valence-electron chi connectivity index (χ2n) is 6.66. The van der Waals surface area contributed by atoms with Gasteiger partial charge in [0.15, 0.2) is 0 Å². The van der Waals surface area contributed by atoms with Crippen LogP contribution in [0, 0.1) is 0 Å². The highest BCUT2D eigenvalue weighted by atomic mass is 35.5. The molecular weight excluding hydrogens is 326 g/mol. The van der Waals surface area contributed by atoms with E-state index < -0.39 is 17.2 Å². The number of halogens is 1. The smallest absolute Gasteiger partial charge is 0.340 e. The van der Waals surface area contributed by atoms with Crippen molar-refractivity contribution in [3.8, 4) is 0 Å². The summed E-state index contributed by atoms with van der Waals surface area (Å²) in [6.07, 6.45) is 1.08. The van der Waals surface area contributed by atoms with E-state index in [1.807, 2.05) is 44.2 Å². The summed E-state index contributed by atoms with van der Waals surface area (Å²) < 4.78 is 5.79. The lowest BCUT2D eigenvalue weighted by Gasteiger charge is -2.37. The molecule has 24 heavy (non-hydrogen) atoms. The van der Waals surface area contributed by atoms with Crippen LogP contribution in [0.25, 0.3) is 0 Å². The number of nitrogens with zero attached hydrogens (tertiary/aromatic N) is 1. The molecule has 0 amide bonds. The maximum absolute atomic E-state index is 13.0. The molecule has 1 saturated heterocycles. The van der Waals surface area contributed by atoms with Gasteiger partial charge in [0.25, 0.3) is 0 Å². The van der Waals surface area contributed by atoms with Gasteiger partial charge in [-0.05, 0) is 38.5 Å². The fraction of sp³-hybridized carbons (Fsp3) is 0.316. The molecule has 125 valence electrons. The fourth-order valence-corrected chi connectivity index (χ4v) is 3.30. The average molecular weight is 345 g/mol. The number of benzene rings is 2.